The van der Waals surface area contributed by atoms with Crippen LogP contribution in [-0.2, 0) is 14.9 Å². The van der Waals surface area contributed by atoms with E-state index in [1.54, 1.807) is 0 Å². The van der Waals surface area contributed by atoms with Crippen LogP contribution in [0.2, 0.25) is 0 Å². The molecule has 1 fully saturated rings. The van der Waals surface area contributed by atoms with Crippen molar-refractivity contribution in [3.63, 3.8) is 0 Å². The molecule has 0 aliphatic carbocycles. The topological polar surface area (TPSA) is 83.9 Å². The van der Waals surface area contributed by atoms with Gasteiger partial charge < -0.3 is 14.2 Å². The van der Waals surface area contributed by atoms with Crippen LogP contribution in [0.25, 0.3) is 0 Å². The number of hydrogen-bond donors (Lipinski definition) is 1. The van der Waals surface area contributed by atoms with Gasteiger partial charge in [0.15, 0.2) is 0 Å². The lowest BCUT2D eigenvalue weighted by atomic mass is 9.78. The summed E-state index contributed by atoms with van der Waals surface area (Å²) >= 11 is 0. The molecule has 1 aliphatic rings. The van der Waals surface area contributed by atoms with Gasteiger partial charge in [-0.2, -0.15) is 21.6 Å². The predicted molar refractivity (Wildman–Crippen MR) is 123 cm³/mol. The zero-order valence-electron chi connectivity index (χ0n) is 18.9. The van der Waals surface area contributed by atoms with E-state index >= 15 is 0 Å². The molecule has 3 atom stereocenters. The first-order valence-corrected chi connectivity index (χ1v) is 12.4. The van der Waals surface area contributed by atoms with Crippen molar-refractivity contribution in [3.8, 4) is 5.75 Å². The Labute approximate surface area is 209 Å². The molecule has 3 aromatic carbocycles. The minimum absolute atomic E-state index is 0.154. The van der Waals surface area contributed by atoms with E-state index in [0.29, 0.717) is 16.8 Å². The second-order valence-electron chi connectivity index (χ2n) is 8.43. The molecule has 0 saturated carbocycles. The van der Waals surface area contributed by atoms with Gasteiger partial charge in [-0.3, -0.25) is 4.79 Å². The van der Waals surface area contributed by atoms with E-state index < -0.39 is 51.1 Å². The summed E-state index contributed by atoms with van der Waals surface area (Å²) in [4.78, 5) is 14.4. The zero-order valence-corrected chi connectivity index (χ0v) is 19.7. The van der Waals surface area contributed by atoms with E-state index in [0.717, 1.165) is 12.1 Å². The Kier molecular flexibility index (Phi) is 7.24. The first-order valence-electron chi connectivity index (χ1n) is 11.0. The Morgan fingerprint density at radius 2 is 1.43 bits per heavy atom. The van der Waals surface area contributed by atoms with Gasteiger partial charge in [0.1, 0.15) is 17.4 Å². The van der Waals surface area contributed by atoms with Crippen LogP contribution in [0, 0.1) is 17.6 Å². The summed E-state index contributed by atoms with van der Waals surface area (Å²) in [5, 5.41) is 10.5. The zero-order chi connectivity index (χ0) is 27.0. The highest BCUT2D eigenvalue weighted by Gasteiger charge is 2.50. The van der Waals surface area contributed by atoms with E-state index in [1.165, 1.54) is 65.6 Å². The van der Waals surface area contributed by atoms with Gasteiger partial charge in [0, 0.05) is 5.69 Å². The number of aliphatic hydroxyl groups excluding tert-OH is 1. The Hall–Kier alpha value is -3.51. The number of carbonyl (C=O) groups is 1. The van der Waals surface area contributed by atoms with E-state index in [9.17, 15) is 40.3 Å². The average molecular weight is 541 g/mol. The van der Waals surface area contributed by atoms with Gasteiger partial charge in [-0.15, -0.1) is 0 Å². The van der Waals surface area contributed by atoms with Crippen LogP contribution in [0.1, 0.15) is 36.1 Å². The van der Waals surface area contributed by atoms with Crippen LogP contribution in [0.4, 0.5) is 27.6 Å². The maximum atomic E-state index is 13.4. The van der Waals surface area contributed by atoms with Crippen molar-refractivity contribution in [2.75, 3.05) is 4.90 Å². The van der Waals surface area contributed by atoms with Gasteiger partial charge in [0.2, 0.25) is 5.91 Å². The summed E-state index contributed by atoms with van der Waals surface area (Å²) in [6.45, 7) is 0. The van der Waals surface area contributed by atoms with E-state index in [1.807, 2.05) is 0 Å². The molecule has 1 heterocycles. The number of amides is 1. The second kappa shape index (κ2) is 10.1. The Morgan fingerprint density at radius 1 is 0.892 bits per heavy atom. The summed E-state index contributed by atoms with van der Waals surface area (Å²) in [7, 11) is -5.85. The van der Waals surface area contributed by atoms with Crippen LogP contribution >= 0.6 is 0 Å². The molecule has 0 radical (unpaired) electrons. The number of β-lactam (4-membered cyclic amide) rings is 1. The summed E-state index contributed by atoms with van der Waals surface area (Å²) in [6.07, 6.45) is -0.612. The third-order valence-corrected chi connectivity index (χ3v) is 7.01. The van der Waals surface area contributed by atoms with Crippen molar-refractivity contribution < 1.29 is 44.5 Å². The maximum absolute atomic E-state index is 13.4. The number of rotatable bonds is 8. The van der Waals surface area contributed by atoms with Crippen LogP contribution < -0.4 is 9.08 Å². The normalized spacial score (nSPS) is 18.9. The molecule has 1 amide bonds. The Morgan fingerprint density at radius 3 is 1.97 bits per heavy atom. The summed E-state index contributed by atoms with van der Waals surface area (Å²) in [5.41, 5.74) is -4.29. The Bertz CT molecular complexity index is 1360. The standard InChI is InChI=1S/C25H20F5NO5S/c26-17-5-1-15(2-6-17)22(32)14-13-21-23(31(24(21)33)19-9-7-18(27)8-10-19)16-3-11-20(12-4-16)36-37(34,35)25(28,29)30/h1-12,21-23,32H,13-14H2/t21-,22+,23+/m1/s1. The van der Waals surface area contributed by atoms with Gasteiger partial charge in [-0.05, 0) is 72.5 Å². The predicted octanol–water partition coefficient (Wildman–Crippen LogP) is 5.41. The van der Waals surface area contributed by atoms with Crippen LogP contribution in [-0.4, -0.2) is 24.9 Å². The fraction of sp³-hybridized carbons (Fsp3) is 0.240. The van der Waals surface area contributed by atoms with Crippen molar-refractivity contribution >= 4 is 21.7 Å². The highest BCUT2D eigenvalue weighted by molar-refractivity contribution is 7.88. The largest absolute Gasteiger partial charge is 0.534 e. The molecule has 3 aromatic rings. The van der Waals surface area contributed by atoms with E-state index in [4.69, 9.17) is 0 Å². The molecule has 1 N–H and O–H groups in total. The highest BCUT2D eigenvalue weighted by Crippen LogP contribution is 2.46. The van der Waals surface area contributed by atoms with Crippen LogP contribution in [0.3, 0.4) is 0 Å². The van der Waals surface area contributed by atoms with Crippen LogP contribution in [0.5, 0.6) is 5.75 Å². The Balaban J connectivity index is 1.57. The van der Waals surface area contributed by atoms with Gasteiger partial charge >= 0.3 is 15.6 Å². The number of hydrogen-bond acceptors (Lipinski definition) is 5. The van der Waals surface area contributed by atoms with Crippen molar-refractivity contribution in [3.05, 3.63) is 95.6 Å². The lowest BCUT2D eigenvalue weighted by molar-refractivity contribution is -0.131. The number of anilines is 1. The minimum Gasteiger partial charge on any atom is -0.388 e. The third-order valence-electron chi connectivity index (χ3n) is 6.04. The molecule has 0 spiro atoms. The molecular weight excluding hydrogens is 521 g/mol. The van der Waals surface area contributed by atoms with Gasteiger partial charge in [-0.25, -0.2) is 8.78 Å². The van der Waals surface area contributed by atoms with Crippen molar-refractivity contribution in [2.24, 2.45) is 5.92 Å². The van der Waals surface area contributed by atoms with Crippen molar-refractivity contribution in [1.82, 2.24) is 0 Å². The van der Waals surface area contributed by atoms with E-state index in [2.05, 4.69) is 4.18 Å². The molecule has 196 valence electrons. The molecule has 6 nitrogen and oxygen atoms in total. The molecule has 37 heavy (non-hydrogen) atoms. The molecule has 0 bridgehead atoms. The number of aliphatic hydroxyl groups is 1. The summed E-state index contributed by atoms with van der Waals surface area (Å²) in [5.74, 6) is -2.51. The fourth-order valence-corrected chi connectivity index (χ4v) is 4.64. The number of nitrogens with zero attached hydrogens (tertiary/aromatic N) is 1. The maximum Gasteiger partial charge on any atom is 0.534 e. The number of halogens is 5. The van der Waals surface area contributed by atoms with Gasteiger partial charge in [0.25, 0.3) is 0 Å². The lowest BCUT2D eigenvalue weighted by Crippen LogP contribution is -2.55. The molecular formula is C25H20F5NO5S. The number of alkyl halides is 3. The molecule has 0 unspecified atom stereocenters. The number of benzene rings is 3. The SMILES string of the molecule is O=C1[C@H](CC[C@H](O)c2ccc(F)cc2)[C@H](c2ccc(OS(=O)(=O)C(F)(F)F)cc2)N1c1ccc(F)cc1. The first kappa shape index (κ1) is 26.6. The van der Waals surface area contributed by atoms with Gasteiger partial charge in [-0.1, -0.05) is 24.3 Å². The quantitative estimate of drug-likeness (QED) is 0.178. The fourth-order valence-electron chi connectivity index (χ4n) is 4.18. The van der Waals surface area contributed by atoms with Crippen molar-refractivity contribution in [1.29, 1.82) is 0 Å². The third kappa shape index (κ3) is 5.59. The minimum atomic E-state index is -5.85. The van der Waals surface area contributed by atoms with Gasteiger partial charge in [0.05, 0.1) is 18.1 Å². The first-order chi connectivity index (χ1) is 17.4. The molecule has 1 saturated heterocycles. The van der Waals surface area contributed by atoms with E-state index in [-0.39, 0.29) is 18.7 Å². The lowest BCUT2D eigenvalue weighted by Gasteiger charge is -2.48. The highest BCUT2D eigenvalue weighted by atomic mass is 32.2. The average Bonchev–Trinajstić information content (AvgIpc) is 2.84. The molecule has 1 aliphatic heterocycles. The summed E-state index contributed by atoms with van der Waals surface area (Å²) in [6, 6.07) is 14.5. The second-order valence-corrected chi connectivity index (χ2v) is 9.97. The molecule has 12 heteroatoms. The molecule has 0 aromatic heterocycles. The monoisotopic (exact) mass is 541 g/mol. The smallest absolute Gasteiger partial charge is 0.388 e. The molecule has 4 rings (SSSR count). The van der Waals surface area contributed by atoms with Crippen molar-refractivity contribution in [2.45, 2.75) is 30.5 Å². The number of carbonyl (C=O) groups excluding carboxylic acids is 1. The summed E-state index contributed by atoms with van der Waals surface area (Å²) < 4.78 is 91.1. The van der Waals surface area contributed by atoms with Crippen LogP contribution in [0.15, 0.2) is 72.8 Å².